The van der Waals surface area contributed by atoms with Gasteiger partial charge in [-0.25, -0.2) is 4.99 Å². The van der Waals surface area contributed by atoms with Gasteiger partial charge in [0.15, 0.2) is 5.96 Å². The van der Waals surface area contributed by atoms with E-state index in [1.165, 1.54) is 0 Å². The average molecular weight is 505 g/mol. The topological polar surface area (TPSA) is 78.0 Å². The molecule has 0 aliphatic rings. The molecule has 0 atom stereocenters. The second kappa shape index (κ2) is 16.6. The molecule has 7 nitrogen and oxygen atoms in total. The summed E-state index contributed by atoms with van der Waals surface area (Å²) in [5.74, 6) is 0.721. The first-order valence-corrected chi connectivity index (χ1v) is 9.68. The van der Waals surface area contributed by atoms with Gasteiger partial charge in [-0.1, -0.05) is 12.1 Å². The normalized spacial score (nSPS) is 11.1. The lowest BCUT2D eigenvalue weighted by atomic mass is 10.1. The number of halogens is 1. The number of likely N-dealkylation sites (N-methyl/N-ethyl adjacent to an activating group) is 1. The smallest absolute Gasteiger partial charge is 0.251 e. The fourth-order valence-electron chi connectivity index (χ4n) is 2.34. The lowest BCUT2D eigenvalue weighted by Gasteiger charge is -2.12. The number of carbonyl (C=O) groups is 1. The van der Waals surface area contributed by atoms with Crippen LogP contribution in [0, 0.1) is 0 Å². The molecule has 0 heterocycles. The summed E-state index contributed by atoms with van der Waals surface area (Å²) in [6.45, 7) is 9.08. The fourth-order valence-corrected chi connectivity index (χ4v) is 2.34. The Morgan fingerprint density at radius 1 is 1.14 bits per heavy atom. The molecule has 0 saturated heterocycles. The van der Waals surface area contributed by atoms with E-state index in [1.807, 2.05) is 57.1 Å². The molecule has 0 radical (unpaired) electrons. The Hall–Kier alpha value is -1.39. The highest BCUT2D eigenvalue weighted by Gasteiger charge is 2.06. The zero-order valence-corrected chi connectivity index (χ0v) is 19.9. The summed E-state index contributed by atoms with van der Waals surface area (Å²) >= 11 is 0. The first kappa shape index (κ1) is 26.6. The van der Waals surface area contributed by atoms with Gasteiger partial charge in [-0.05, 0) is 52.1 Å². The molecule has 28 heavy (non-hydrogen) atoms. The van der Waals surface area contributed by atoms with Gasteiger partial charge in [-0.3, -0.25) is 4.79 Å². The van der Waals surface area contributed by atoms with Gasteiger partial charge in [0.05, 0.1) is 6.54 Å². The van der Waals surface area contributed by atoms with E-state index < -0.39 is 0 Å². The summed E-state index contributed by atoms with van der Waals surface area (Å²) in [5.41, 5.74) is 1.66. The summed E-state index contributed by atoms with van der Waals surface area (Å²) in [7, 11) is 3.97. The quantitative estimate of drug-likeness (QED) is 0.176. The highest BCUT2D eigenvalue weighted by molar-refractivity contribution is 14.0. The van der Waals surface area contributed by atoms with Crippen LogP contribution in [0.2, 0.25) is 0 Å². The van der Waals surface area contributed by atoms with Crippen molar-refractivity contribution in [3.63, 3.8) is 0 Å². The summed E-state index contributed by atoms with van der Waals surface area (Å²) in [6, 6.07) is 7.61. The van der Waals surface area contributed by atoms with Crippen molar-refractivity contribution in [3.05, 3.63) is 35.4 Å². The number of nitrogens with one attached hydrogen (secondary N) is 3. The Bertz CT molecular complexity index is 581. The van der Waals surface area contributed by atoms with Gasteiger partial charge in [-0.2, -0.15) is 0 Å². The minimum atomic E-state index is -0.0522. The third-order valence-corrected chi connectivity index (χ3v) is 3.76. The number of rotatable bonds is 12. The maximum absolute atomic E-state index is 12.2. The van der Waals surface area contributed by atoms with Crippen molar-refractivity contribution in [1.29, 1.82) is 0 Å². The number of hydrogen-bond donors (Lipinski definition) is 3. The van der Waals surface area contributed by atoms with E-state index in [1.54, 1.807) is 0 Å². The average Bonchev–Trinajstić information content (AvgIpc) is 2.65. The minimum absolute atomic E-state index is 0. The molecule has 8 heteroatoms. The monoisotopic (exact) mass is 505 g/mol. The zero-order chi connectivity index (χ0) is 19.9. The molecule has 0 fully saturated rings. The largest absolute Gasteiger partial charge is 0.382 e. The van der Waals surface area contributed by atoms with Gasteiger partial charge in [0, 0.05) is 45.0 Å². The first-order valence-electron chi connectivity index (χ1n) is 9.68. The molecule has 0 saturated carbocycles. The Morgan fingerprint density at radius 3 is 2.61 bits per heavy atom. The molecule has 0 aliphatic carbocycles. The second-order valence-corrected chi connectivity index (χ2v) is 6.43. The lowest BCUT2D eigenvalue weighted by molar-refractivity contribution is 0.0951. The van der Waals surface area contributed by atoms with Crippen molar-refractivity contribution < 1.29 is 9.53 Å². The SMILES string of the molecule is CCNC(=NCc1cccc(C(=O)NCCN(C)C)c1)NCCCOCC.I. The third-order valence-electron chi connectivity index (χ3n) is 3.76. The molecular weight excluding hydrogens is 469 g/mol. The number of ether oxygens (including phenoxy) is 1. The molecule has 0 aliphatic heterocycles. The first-order chi connectivity index (χ1) is 13.1. The minimum Gasteiger partial charge on any atom is -0.382 e. The predicted molar refractivity (Wildman–Crippen MR) is 127 cm³/mol. The summed E-state index contributed by atoms with van der Waals surface area (Å²) in [4.78, 5) is 18.9. The van der Waals surface area contributed by atoms with Crippen molar-refractivity contribution in [3.8, 4) is 0 Å². The van der Waals surface area contributed by atoms with E-state index >= 15 is 0 Å². The molecular formula is C20H36IN5O2. The molecule has 3 N–H and O–H groups in total. The van der Waals surface area contributed by atoms with Gasteiger partial charge in [-0.15, -0.1) is 24.0 Å². The van der Waals surface area contributed by atoms with Crippen LogP contribution in [-0.4, -0.2) is 70.3 Å². The van der Waals surface area contributed by atoms with Crippen LogP contribution >= 0.6 is 24.0 Å². The van der Waals surface area contributed by atoms with Crippen LogP contribution in [0.3, 0.4) is 0 Å². The van der Waals surface area contributed by atoms with Crippen molar-refractivity contribution >= 4 is 35.8 Å². The summed E-state index contributed by atoms with van der Waals surface area (Å²) < 4.78 is 5.34. The standard InChI is InChI=1S/C20H35N5O2.HI/c1-5-21-20(23-11-8-14-27-6-2)24-16-17-9-7-10-18(15-17)19(26)22-12-13-25(3)4;/h7,9-10,15H,5-6,8,11-14,16H2,1-4H3,(H,22,26)(H2,21,23,24);1H. The molecule has 160 valence electrons. The molecule has 1 amide bonds. The van der Waals surface area contributed by atoms with E-state index in [9.17, 15) is 4.79 Å². The Balaban J connectivity index is 0.00000729. The van der Waals surface area contributed by atoms with Crippen LogP contribution < -0.4 is 16.0 Å². The molecule has 0 spiro atoms. The van der Waals surface area contributed by atoms with E-state index in [2.05, 4.69) is 20.9 Å². The van der Waals surface area contributed by atoms with Crippen LogP contribution in [-0.2, 0) is 11.3 Å². The van der Waals surface area contributed by atoms with Crippen LogP contribution in [0.15, 0.2) is 29.3 Å². The van der Waals surface area contributed by atoms with Gasteiger partial charge < -0.3 is 25.6 Å². The van der Waals surface area contributed by atoms with E-state index in [4.69, 9.17) is 4.74 Å². The molecule has 0 unspecified atom stereocenters. The van der Waals surface area contributed by atoms with Crippen LogP contribution in [0.4, 0.5) is 0 Å². The van der Waals surface area contributed by atoms with Crippen molar-refractivity contribution in [1.82, 2.24) is 20.9 Å². The molecule has 1 rings (SSSR count). The lowest BCUT2D eigenvalue weighted by Crippen LogP contribution is -2.38. The number of benzene rings is 1. The predicted octanol–water partition coefficient (Wildman–Crippen LogP) is 2.08. The molecule has 0 bridgehead atoms. The van der Waals surface area contributed by atoms with E-state index in [0.717, 1.165) is 50.8 Å². The van der Waals surface area contributed by atoms with Gasteiger partial charge >= 0.3 is 0 Å². The maximum Gasteiger partial charge on any atom is 0.251 e. The number of nitrogens with zero attached hydrogens (tertiary/aromatic N) is 2. The van der Waals surface area contributed by atoms with Crippen LogP contribution in [0.25, 0.3) is 0 Å². The Kier molecular flexibility index (Phi) is 15.7. The third kappa shape index (κ3) is 12.1. The maximum atomic E-state index is 12.2. The van der Waals surface area contributed by atoms with Gasteiger partial charge in [0.2, 0.25) is 0 Å². The highest BCUT2D eigenvalue weighted by atomic mass is 127. The van der Waals surface area contributed by atoms with Gasteiger partial charge in [0.1, 0.15) is 0 Å². The van der Waals surface area contributed by atoms with E-state index in [0.29, 0.717) is 18.7 Å². The van der Waals surface area contributed by atoms with Crippen molar-refractivity contribution in [2.75, 3.05) is 53.5 Å². The van der Waals surface area contributed by atoms with Gasteiger partial charge in [0.25, 0.3) is 5.91 Å². The molecule has 1 aromatic rings. The van der Waals surface area contributed by atoms with Crippen molar-refractivity contribution in [2.45, 2.75) is 26.8 Å². The summed E-state index contributed by atoms with van der Waals surface area (Å²) in [6.07, 6.45) is 0.931. The Labute approximate surface area is 186 Å². The summed E-state index contributed by atoms with van der Waals surface area (Å²) in [5, 5.41) is 9.47. The number of carbonyl (C=O) groups excluding carboxylic acids is 1. The Morgan fingerprint density at radius 2 is 1.93 bits per heavy atom. The number of guanidine groups is 1. The number of amides is 1. The molecule has 0 aromatic heterocycles. The number of aliphatic imine (C=N–C) groups is 1. The van der Waals surface area contributed by atoms with Crippen LogP contribution in [0.1, 0.15) is 36.2 Å². The second-order valence-electron chi connectivity index (χ2n) is 6.43. The van der Waals surface area contributed by atoms with E-state index in [-0.39, 0.29) is 29.9 Å². The number of hydrogen-bond acceptors (Lipinski definition) is 4. The molecule has 1 aromatic carbocycles. The fraction of sp³-hybridized carbons (Fsp3) is 0.600. The highest BCUT2D eigenvalue weighted by Crippen LogP contribution is 2.06. The zero-order valence-electron chi connectivity index (χ0n) is 17.6. The van der Waals surface area contributed by atoms with Crippen LogP contribution in [0.5, 0.6) is 0 Å². The van der Waals surface area contributed by atoms with Crippen molar-refractivity contribution in [2.24, 2.45) is 4.99 Å².